The Hall–Kier alpha value is -3.10. The number of benzene rings is 2. The molecule has 32 heavy (non-hydrogen) atoms. The van der Waals surface area contributed by atoms with Crippen molar-refractivity contribution in [3.8, 4) is 5.75 Å². The first-order chi connectivity index (χ1) is 15.3. The Morgan fingerprint density at radius 3 is 2.62 bits per heavy atom. The van der Waals surface area contributed by atoms with E-state index in [0.29, 0.717) is 32.8 Å². The fourth-order valence-corrected chi connectivity index (χ4v) is 3.81. The number of hydrogen-bond donors (Lipinski definition) is 3. The number of nitrogens with one attached hydrogen (secondary N) is 3. The van der Waals surface area contributed by atoms with Gasteiger partial charge in [0.2, 0.25) is 5.91 Å². The van der Waals surface area contributed by atoms with Crippen LogP contribution in [0.5, 0.6) is 5.75 Å². The molecule has 2 aromatic carbocycles. The molecule has 1 fully saturated rings. The first-order valence-electron chi connectivity index (χ1n) is 10.1. The largest absolute Gasteiger partial charge is 0.479 e. The van der Waals surface area contributed by atoms with Crippen LogP contribution in [0.4, 0.5) is 5.69 Å². The second-order valence-corrected chi connectivity index (χ2v) is 7.91. The number of halogens is 1. The fourth-order valence-electron chi connectivity index (χ4n) is 3.37. The van der Waals surface area contributed by atoms with E-state index < -0.39 is 24.0 Å². The van der Waals surface area contributed by atoms with Crippen LogP contribution in [-0.4, -0.2) is 29.7 Å². The van der Waals surface area contributed by atoms with E-state index in [1.54, 1.807) is 50.2 Å². The Morgan fingerprint density at radius 2 is 1.91 bits per heavy atom. The van der Waals surface area contributed by atoms with Gasteiger partial charge in [0.15, 0.2) is 11.2 Å². The van der Waals surface area contributed by atoms with Crippen LogP contribution in [0.15, 0.2) is 60.8 Å². The van der Waals surface area contributed by atoms with Gasteiger partial charge < -0.3 is 25.4 Å². The zero-order valence-electron chi connectivity index (χ0n) is 17.7. The predicted octanol–water partition coefficient (Wildman–Crippen LogP) is 3.96. The Kier molecular flexibility index (Phi) is 7.71. The SMILES string of the molecule is C=C1NC(=S)N[C@H](c2ccccc2O[C@H](C)C(=O)OCC)[C@H]1C(=O)Nc1ccccc1Cl. The van der Waals surface area contributed by atoms with E-state index in [1.807, 2.05) is 12.1 Å². The minimum atomic E-state index is -0.830. The van der Waals surface area contributed by atoms with Gasteiger partial charge in [-0.1, -0.05) is 48.5 Å². The van der Waals surface area contributed by atoms with E-state index in [9.17, 15) is 9.59 Å². The van der Waals surface area contributed by atoms with Crippen molar-refractivity contribution in [1.82, 2.24) is 10.6 Å². The summed E-state index contributed by atoms with van der Waals surface area (Å²) in [6.07, 6.45) is -0.830. The van der Waals surface area contributed by atoms with Crippen molar-refractivity contribution in [3.63, 3.8) is 0 Å². The third kappa shape index (κ3) is 5.38. The quantitative estimate of drug-likeness (QED) is 0.414. The van der Waals surface area contributed by atoms with Gasteiger partial charge in [0.25, 0.3) is 0 Å². The fraction of sp³-hybridized carbons (Fsp3) is 0.261. The normalized spacial score (nSPS) is 18.7. The summed E-state index contributed by atoms with van der Waals surface area (Å²) in [5.74, 6) is -1.13. The molecular formula is C23H24ClN3O4S. The molecule has 9 heteroatoms. The zero-order valence-corrected chi connectivity index (χ0v) is 19.3. The first-order valence-corrected chi connectivity index (χ1v) is 10.8. The monoisotopic (exact) mass is 473 g/mol. The van der Waals surface area contributed by atoms with Crippen LogP contribution >= 0.6 is 23.8 Å². The van der Waals surface area contributed by atoms with Crippen LogP contribution in [-0.2, 0) is 14.3 Å². The Balaban J connectivity index is 1.92. The molecule has 2 aromatic rings. The number of rotatable bonds is 7. The third-order valence-corrected chi connectivity index (χ3v) is 5.41. The summed E-state index contributed by atoms with van der Waals surface area (Å²) < 4.78 is 10.9. The van der Waals surface area contributed by atoms with Gasteiger partial charge in [-0.25, -0.2) is 4.79 Å². The van der Waals surface area contributed by atoms with E-state index in [-0.39, 0.29) is 12.5 Å². The van der Waals surface area contributed by atoms with Gasteiger partial charge in [0, 0.05) is 11.3 Å². The van der Waals surface area contributed by atoms with Crippen molar-refractivity contribution in [2.75, 3.05) is 11.9 Å². The molecule has 1 heterocycles. The van der Waals surface area contributed by atoms with Crippen LogP contribution in [0.25, 0.3) is 0 Å². The number of carbonyl (C=O) groups is 2. The summed E-state index contributed by atoms with van der Waals surface area (Å²) in [4.78, 5) is 25.3. The van der Waals surface area contributed by atoms with Crippen molar-refractivity contribution in [3.05, 3.63) is 71.4 Å². The number of hydrogen-bond acceptors (Lipinski definition) is 5. The Bertz CT molecular complexity index is 1050. The maximum Gasteiger partial charge on any atom is 0.347 e. The average Bonchev–Trinajstić information content (AvgIpc) is 2.75. The van der Waals surface area contributed by atoms with Crippen molar-refractivity contribution in [2.45, 2.75) is 26.0 Å². The van der Waals surface area contributed by atoms with E-state index in [2.05, 4.69) is 22.5 Å². The average molecular weight is 474 g/mol. The first kappa shape index (κ1) is 23.6. The molecule has 0 unspecified atom stereocenters. The molecule has 0 aliphatic carbocycles. The van der Waals surface area contributed by atoms with E-state index in [1.165, 1.54) is 0 Å². The Morgan fingerprint density at radius 1 is 1.22 bits per heavy atom. The number of amides is 1. The minimum absolute atomic E-state index is 0.252. The standard InChI is InChI=1S/C23H24ClN3O4S/c1-4-30-22(29)14(3)31-18-12-8-5-9-15(18)20-19(13(2)25-23(32)27-20)21(28)26-17-11-7-6-10-16(17)24/h5-12,14,19-20H,2,4H2,1,3H3,(H,26,28)(H2,25,27,32)/t14-,19+,20-/m1/s1. The van der Waals surface area contributed by atoms with Crippen LogP contribution in [0.1, 0.15) is 25.5 Å². The van der Waals surface area contributed by atoms with E-state index >= 15 is 0 Å². The lowest BCUT2D eigenvalue weighted by molar-refractivity contribution is -0.150. The van der Waals surface area contributed by atoms with Gasteiger partial charge in [-0.2, -0.15) is 0 Å². The Labute approximate surface area is 197 Å². The summed E-state index contributed by atoms with van der Waals surface area (Å²) in [5, 5.41) is 9.65. The number of ether oxygens (including phenoxy) is 2. The smallest absolute Gasteiger partial charge is 0.347 e. The molecule has 0 saturated carbocycles. The molecular weight excluding hydrogens is 450 g/mol. The topological polar surface area (TPSA) is 88.7 Å². The maximum atomic E-state index is 13.3. The van der Waals surface area contributed by atoms with Gasteiger partial charge >= 0.3 is 5.97 Å². The molecule has 1 aliphatic rings. The lowest BCUT2D eigenvalue weighted by Gasteiger charge is -2.36. The highest BCUT2D eigenvalue weighted by Crippen LogP contribution is 2.36. The number of anilines is 1. The lowest BCUT2D eigenvalue weighted by Crippen LogP contribution is -2.51. The second kappa shape index (κ2) is 10.5. The second-order valence-electron chi connectivity index (χ2n) is 7.10. The molecule has 3 rings (SSSR count). The minimum Gasteiger partial charge on any atom is -0.479 e. The molecule has 3 atom stereocenters. The van der Waals surface area contributed by atoms with Crippen molar-refractivity contribution >= 4 is 46.5 Å². The van der Waals surface area contributed by atoms with Gasteiger partial charge in [0.1, 0.15) is 11.7 Å². The summed E-state index contributed by atoms with van der Waals surface area (Å²) in [6.45, 7) is 7.59. The van der Waals surface area contributed by atoms with E-state index in [0.717, 1.165) is 0 Å². The molecule has 1 amide bonds. The summed E-state index contributed by atoms with van der Waals surface area (Å²) in [5.41, 5.74) is 1.56. The van der Waals surface area contributed by atoms with E-state index in [4.69, 9.17) is 33.3 Å². The highest BCUT2D eigenvalue weighted by molar-refractivity contribution is 7.80. The van der Waals surface area contributed by atoms with Crippen LogP contribution in [0.3, 0.4) is 0 Å². The lowest BCUT2D eigenvalue weighted by atomic mass is 9.87. The van der Waals surface area contributed by atoms with Crippen molar-refractivity contribution < 1.29 is 19.1 Å². The highest BCUT2D eigenvalue weighted by atomic mass is 35.5. The summed E-state index contributed by atoms with van der Waals surface area (Å²) in [7, 11) is 0. The number of carbonyl (C=O) groups excluding carboxylic acids is 2. The molecule has 1 saturated heterocycles. The summed E-state index contributed by atoms with van der Waals surface area (Å²) in [6, 6.07) is 13.5. The summed E-state index contributed by atoms with van der Waals surface area (Å²) >= 11 is 11.5. The number of para-hydroxylation sites is 2. The zero-order chi connectivity index (χ0) is 23.3. The van der Waals surface area contributed by atoms with Crippen LogP contribution < -0.4 is 20.7 Å². The van der Waals surface area contributed by atoms with Gasteiger partial charge in [-0.3, -0.25) is 4.79 Å². The number of esters is 1. The molecule has 0 bridgehead atoms. The highest BCUT2D eigenvalue weighted by Gasteiger charge is 2.38. The van der Waals surface area contributed by atoms with Gasteiger partial charge in [-0.15, -0.1) is 0 Å². The molecule has 7 nitrogen and oxygen atoms in total. The molecule has 0 radical (unpaired) electrons. The van der Waals surface area contributed by atoms with Crippen molar-refractivity contribution in [2.24, 2.45) is 5.92 Å². The van der Waals surface area contributed by atoms with Crippen LogP contribution in [0.2, 0.25) is 5.02 Å². The molecule has 0 aromatic heterocycles. The number of thiocarbonyl (C=S) groups is 1. The maximum absolute atomic E-state index is 13.3. The van der Waals surface area contributed by atoms with Crippen LogP contribution in [0, 0.1) is 5.92 Å². The molecule has 1 aliphatic heterocycles. The predicted molar refractivity (Wildman–Crippen MR) is 127 cm³/mol. The van der Waals surface area contributed by atoms with Crippen molar-refractivity contribution in [1.29, 1.82) is 0 Å². The molecule has 168 valence electrons. The van der Waals surface area contributed by atoms with Gasteiger partial charge in [0.05, 0.1) is 23.4 Å². The molecule has 3 N–H and O–H groups in total. The molecule has 0 spiro atoms. The van der Waals surface area contributed by atoms with Gasteiger partial charge in [-0.05, 0) is 44.3 Å². The third-order valence-electron chi connectivity index (χ3n) is 4.86.